The predicted molar refractivity (Wildman–Crippen MR) is 118 cm³/mol. The van der Waals surface area contributed by atoms with Crippen LogP contribution in [0.5, 0.6) is 5.75 Å². The van der Waals surface area contributed by atoms with Crippen molar-refractivity contribution < 1.29 is 14.3 Å². The van der Waals surface area contributed by atoms with Crippen LogP contribution in [-0.4, -0.2) is 77.8 Å². The van der Waals surface area contributed by atoms with Crippen LogP contribution in [0.25, 0.3) is 0 Å². The average molecular weight is 426 g/mol. The number of hydrogen-bond acceptors (Lipinski definition) is 6. The van der Waals surface area contributed by atoms with Crippen molar-refractivity contribution in [3.8, 4) is 5.75 Å². The number of benzene rings is 1. The summed E-state index contributed by atoms with van der Waals surface area (Å²) >= 11 is 0. The Morgan fingerprint density at radius 1 is 1.19 bits per heavy atom. The predicted octanol–water partition coefficient (Wildman–Crippen LogP) is 2.29. The van der Waals surface area contributed by atoms with E-state index >= 15 is 0 Å². The molecular formula is C23H31N5O3. The zero-order valence-corrected chi connectivity index (χ0v) is 19.0. The Morgan fingerprint density at radius 3 is 2.52 bits per heavy atom. The molecule has 0 spiro atoms. The van der Waals surface area contributed by atoms with Gasteiger partial charge in [0.1, 0.15) is 5.75 Å². The Kier molecular flexibility index (Phi) is 7.22. The molecule has 3 rings (SSSR count). The molecule has 0 saturated carbocycles. The molecule has 1 fully saturated rings. The maximum absolute atomic E-state index is 13.0. The number of carbonyl (C=O) groups is 2. The van der Waals surface area contributed by atoms with Crippen molar-refractivity contribution in [1.29, 1.82) is 0 Å². The first-order valence-electron chi connectivity index (χ1n) is 10.5. The molecule has 1 aromatic heterocycles. The van der Waals surface area contributed by atoms with Gasteiger partial charge in [0.15, 0.2) is 5.82 Å². The van der Waals surface area contributed by atoms with E-state index < -0.39 is 0 Å². The number of rotatable bonds is 7. The Hall–Kier alpha value is -3.00. The van der Waals surface area contributed by atoms with Gasteiger partial charge in [-0.15, -0.1) is 0 Å². The number of amides is 2. The molecule has 1 saturated heterocycles. The molecule has 1 aliphatic heterocycles. The van der Waals surface area contributed by atoms with Crippen molar-refractivity contribution in [2.24, 2.45) is 0 Å². The van der Waals surface area contributed by atoms with Crippen LogP contribution < -0.4 is 4.74 Å². The van der Waals surface area contributed by atoms with Crippen molar-refractivity contribution in [1.82, 2.24) is 24.7 Å². The van der Waals surface area contributed by atoms with Gasteiger partial charge in [-0.1, -0.05) is 12.1 Å². The molecule has 2 amide bonds. The van der Waals surface area contributed by atoms with Gasteiger partial charge in [-0.2, -0.15) is 0 Å². The van der Waals surface area contributed by atoms with E-state index in [1.807, 2.05) is 48.0 Å². The van der Waals surface area contributed by atoms with Crippen molar-refractivity contribution >= 4 is 11.8 Å². The SMILES string of the molecule is COc1ccc(CN(C)CC(=O)N2CCC[C@H]2c2ncc(C(=O)N(C)C)c(C)n2)cc1. The maximum Gasteiger partial charge on any atom is 0.256 e. The highest BCUT2D eigenvalue weighted by atomic mass is 16.5. The van der Waals surface area contributed by atoms with Crippen molar-refractivity contribution in [3.05, 3.63) is 53.1 Å². The molecule has 1 aliphatic rings. The molecule has 1 aromatic carbocycles. The van der Waals surface area contributed by atoms with E-state index in [1.54, 1.807) is 27.4 Å². The van der Waals surface area contributed by atoms with E-state index in [4.69, 9.17) is 4.74 Å². The number of aryl methyl sites for hydroxylation is 1. The number of hydrogen-bond donors (Lipinski definition) is 0. The lowest BCUT2D eigenvalue weighted by molar-refractivity contribution is -0.133. The van der Waals surface area contributed by atoms with Crippen LogP contribution in [0.1, 0.15) is 46.3 Å². The first kappa shape index (κ1) is 22.7. The Labute approximate surface area is 183 Å². The number of ether oxygens (including phenoxy) is 1. The molecule has 2 heterocycles. The Balaban J connectivity index is 1.65. The quantitative estimate of drug-likeness (QED) is 0.677. The van der Waals surface area contributed by atoms with Crippen LogP contribution in [0.2, 0.25) is 0 Å². The highest BCUT2D eigenvalue weighted by molar-refractivity contribution is 5.94. The summed E-state index contributed by atoms with van der Waals surface area (Å²) < 4.78 is 5.19. The highest BCUT2D eigenvalue weighted by Gasteiger charge is 2.32. The molecule has 0 aliphatic carbocycles. The first-order valence-corrected chi connectivity index (χ1v) is 10.5. The Morgan fingerprint density at radius 2 is 1.90 bits per heavy atom. The minimum Gasteiger partial charge on any atom is -0.497 e. The van der Waals surface area contributed by atoms with Crippen molar-refractivity contribution in [2.45, 2.75) is 32.4 Å². The third-order valence-electron chi connectivity index (χ3n) is 5.52. The molecule has 0 unspecified atom stereocenters. The summed E-state index contributed by atoms with van der Waals surface area (Å²) in [5.74, 6) is 1.37. The van der Waals surface area contributed by atoms with Gasteiger partial charge in [0, 0.05) is 33.4 Å². The van der Waals surface area contributed by atoms with Gasteiger partial charge in [0.05, 0.1) is 31.0 Å². The van der Waals surface area contributed by atoms with E-state index in [1.165, 1.54) is 4.90 Å². The van der Waals surface area contributed by atoms with Crippen LogP contribution in [0.15, 0.2) is 30.5 Å². The fourth-order valence-electron chi connectivity index (χ4n) is 3.85. The zero-order chi connectivity index (χ0) is 22.5. The average Bonchev–Trinajstić information content (AvgIpc) is 3.23. The third-order valence-corrected chi connectivity index (χ3v) is 5.52. The van der Waals surface area contributed by atoms with Gasteiger partial charge in [-0.25, -0.2) is 9.97 Å². The minimum absolute atomic E-state index is 0.0632. The number of carbonyl (C=O) groups excluding carboxylic acids is 2. The first-order chi connectivity index (χ1) is 14.8. The standard InChI is InChI=1S/C23H31N5O3/c1-16-19(23(30)26(2)3)13-24-22(25-16)20-7-6-12-28(20)21(29)15-27(4)14-17-8-10-18(31-5)11-9-17/h8-11,13,20H,6-7,12,14-15H2,1-5H3/t20-/m0/s1. The number of nitrogens with zero attached hydrogens (tertiary/aromatic N) is 5. The van der Waals surface area contributed by atoms with Crippen LogP contribution in [0, 0.1) is 6.92 Å². The molecular weight excluding hydrogens is 394 g/mol. The molecule has 8 heteroatoms. The van der Waals surface area contributed by atoms with Gasteiger partial charge < -0.3 is 14.5 Å². The Bertz CT molecular complexity index is 929. The van der Waals surface area contributed by atoms with Gasteiger partial charge >= 0.3 is 0 Å². The largest absolute Gasteiger partial charge is 0.497 e. The van der Waals surface area contributed by atoms with Crippen LogP contribution in [0.3, 0.4) is 0 Å². The second-order valence-electron chi connectivity index (χ2n) is 8.19. The molecule has 31 heavy (non-hydrogen) atoms. The summed E-state index contributed by atoms with van der Waals surface area (Å²) in [5.41, 5.74) is 2.25. The molecule has 8 nitrogen and oxygen atoms in total. The van der Waals surface area contributed by atoms with Gasteiger partial charge in [0.25, 0.3) is 5.91 Å². The van der Waals surface area contributed by atoms with Gasteiger partial charge in [-0.3, -0.25) is 14.5 Å². The number of likely N-dealkylation sites (tertiary alicyclic amines) is 1. The molecule has 0 radical (unpaired) electrons. The van der Waals surface area contributed by atoms with E-state index in [0.29, 0.717) is 36.7 Å². The lowest BCUT2D eigenvalue weighted by Gasteiger charge is -2.26. The van der Waals surface area contributed by atoms with E-state index in [9.17, 15) is 9.59 Å². The summed E-state index contributed by atoms with van der Waals surface area (Å²) in [6, 6.07) is 7.71. The summed E-state index contributed by atoms with van der Waals surface area (Å²) in [4.78, 5) is 39.7. The van der Waals surface area contributed by atoms with Gasteiger partial charge in [-0.05, 0) is 44.5 Å². The fourth-order valence-corrected chi connectivity index (χ4v) is 3.85. The van der Waals surface area contributed by atoms with Crippen molar-refractivity contribution in [2.75, 3.05) is 41.3 Å². The molecule has 166 valence electrons. The smallest absolute Gasteiger partial charge is 0.256 e. The maximum atomic E-state index is 13.0. The number of likely N-dealkylation sites (N-methyl/N-ethyl adjacent to an activating group) is 1. The monoisotopic (exact) mass is 425 g/mol. The lowest BCUT2D eigenvalue weighted by atomic mass is 10.1. The molecule has 0 bridgehead atoms. The fraction of sp³-hybridized carbons (Fsp3) is 0.478. The second-order valence-corrected chi connectivity index (χ2v) is 8.19. The summed E-state index contributed by atoms with van der Waals surface area (Å²) in [6.45, 7) is 3.50. The summed E-state index contributed by atoms with van der Waals surface area (Å²) in [6.07, 6.45) is 3.32. The molecule has 1 atom stereocenters. The highest BCUT2D eigenvalue weighted by Crippen LogP contribution is 2.30. The van der Waals surface area contributed by atoms with E-state index in [2.05, 4.69) is 9.97 Å². The second kappa shape index (κ2) is 9.87. The van der Waals surface area contributed by atoms with Gasteiger partial charge in [0.2, 0.25) is 5.91 Å². The summed E-state index contributed by atoms with van der Waals surface area (Å²) in [5, 5.41) is 0. The van der Waals surface area contributed by atoms with E-state index in [0.717, 1.165) is 24.2 Å². The molecule has 2 aromatic rings. The number of methoxy groups -OCH3 is 1. The van der Waals surface area contributed by atoms with Crippen LogP contribution in [0.4, 0.5) is 0 Å². The minimum atomic E-state index is -0.149. The van der Waals surface area contributed by atoms with Crippen molar-refractivity contribution in [3.63, 3.8) is 0 Å². The van der Waals surface area contributed by atoms with Crippen LogP contribution >= 0.6 is 0 Å². The number of aromatic nitrogens is 2. The topological polar surface area (TPSA) is 78.9 Å². The van der Waals surface area contributed by atoms with E-state index in [-0.39, 0.29) is 17.9 Å². The van der Waals surface area contributed by atoms with Crippen LogP contribution in [-0.2, 0) is 11.3 Å². The normalized spacial score (nSPS) is 15.9. The molecule has 0 N–H and O–H groups in total. The third kappa shape index (κ3) is 5.38. The zero-order valence-electron chi connectivity index (χ0n) is 19.0. The summed E-state index contributed by atoms with van der Waals surface area (Å²) in [7, 11) is 6.99. The lowest BCUT2D eigenvalue weighted by Crippen LogP contribution is -2.39.